The third kappa shape index (κ3) is 4.60. The average Bonchev–Trinajstić information content (AvgIpc) is 2.62. The van der Waals surface area contributed by atoms with Crippen molar-refractivity contribution in [1.29, 1.82) is 0 Å². The Bertz CT molecular complexity index is 687. The summed E-state index contributed by atoms with van der Waals surface area (Å²) >= 11 is 6.05. The quantitative estimate of drug-likeness (QED) is 0.864. The van der Waals surface area contributed by atoms with Crippen LogP contribution in [-0.4, -0.2) is 42.4 Å². The number of β-amino-alcohol motifs (C(OH)–C–C–N with tert-alkyl or cyclic N) is 1. The van der Waals surface area contributed by atoms with Gasteiger partial charge in [0.25, 0.3) is 0 Å². The highest BCUT2D eigenvalue weighted by molar-refractivity contribution is 6.32. The molecule has 1 aliphatic rings. The Balaban J connectivity index is 1.47. The van der Waals surface area contributed by atoms with E-state index in [0.717, 1.165) is 19.5 Å². The van der Waals surface area contributed by atoms with Gasteiger partial charge < -0.3 is 9.84 Å². The Labute approximate surface area is 148 Å². The first kappa shape index (κ1) is 17.0. The summed E-state index contributed by atoms with van der Waals surface area (Å²) in [6.45, 7) is 2.65. The fourth-order valence-electron chi connectivity index (χ4n) is 2.89. The van der Waals surface area contributed by atoms with Gasteiger partial charge in [0.05, 0.1) is 5.02 Å². The van der Waals surface area contributed by atoms with E-state index in [-0.39, 0.29) is 6.61 Å². The summed E-state index contributed by atoms with van der Waals surface area (Å²) in [5.41, 5.74) is 2.67. The Morgan fingerprint density at radius 2 is 1.83 bits per heavy atom. The lowest BCUT2D eigenvalue weighted by atomic mass is 9.99. The maximum atomic E-state index is 10.2. The molecule has 3 rings (SSSR count). The van der Waals surface area contributed by atoms with E-state index in [1.165, 1.54) is 11.1 Å². The van der Waals surface area contributed by atoms with Gasteiger partial charge in [0.15, 0.2) is 0 Å². The number of aliphatic hydroxyl groups excluding tert-OH is 1. The molecule has 0 aromatic heterocycles. The molecule has 3 nitrogen and oxygen atoms in total. The lowest BCUT2D eigenvalue weighted by Gasteiger charge is -2.28. The van der Waals surface area contributed by atoms with Gasteiger partial charge in [-0.1, -0.05) is 60.1 Å². The zero-order chi connectivity index (χ0) is 16.8. The summed E-state index contributed by atoms with van der Waals surface area (Å²) in [6, 6.07) is 17.8. The fourth-order valence-corrected chi connectivity index (χ4v) is 3.08. The Morgan fingerprint density at radius 1 is 1.08 bits per heavy atom. The number of halogens is 1. The van der Waals surface area contributed by atoms with Crippen LogP contribution in [0.4, 0.5) is 0 Å². The lowest BCUT2D eigenvalue weighted by molar-refractivity contribution is 0.0717. The van der Waals surface area contributed by atoms with Crippen molar-refractivity contribution in [3.63, 3.8) is 0 Å². The SMILES string of the molecule is OC(COc1ccccc1Cl)CN1CC=C(c2ccccc2)CC1. The van der Waals surface area contributed by atoms with E-state index in [0.29, 0.717) is 17.3 Å². The molecule has 126 valence electrons. The molecular weight excluding hydrogens is 322 g/mol. The maximum absolute atomic E-state index is 10.2. The van der Waals surface area contributed by atoms with Crippen LogP contribution in [0.2, 0.25) is 5.02 Å². The summed E-state index contributed by atoms with van der Waals surface area (Å²) in [5, 5.41) is 10.8. The molecule has 0 spiro atoms. The van der Waals surface area contributed by atoms with Gasteiger partial charge >= 0.3 is 0 Å². The molecule has 0 aliphatic carbocycles. The summed E-state index contributed by atoms with van der Waals surface area (Å²) in [7, 11) is 0. The van der Waals surface area contributed by atoms with Gasteiger partial charge in [0, 0.05) is 19.6 Å². The van der Waals surface area contributed by atoms with Gasteiger partial charge in [-0.15, -0.1) is 0 Å². The third-order valence-corrected chi connectivity index (χ3v) is 4.49. The molecular formula is C20H22ClNO2. The van der Waals surface area contributed by atoms with Gasteiger partial charge in [-0.05, 0) is 29.7 Å². The van der Waals surface area contributed by atoms with Crippen LogP contribution in [0.15, 0.2) is 60.7 Å². The second-order valence-electron chi connectivity index (χ2n) is 6.00. The van der Waals surface area contributed by atoms with E-state index < -0.39 is 6.10 Å². The zero-order valence-corrected chi connectivity index (χ0v) is 14.3. The molecule has 1 aliphatic heterocycles. The summed E-state index contributed by atoms with van der Waals surface area (Å²) in [4.78, 5) is 2.24. The minimum absolute atomic E-state index is 0.246. The first-order valence-corrected chi connectivity index (χ1v) is 8.62. The molecule has 1 N–H and O–H groups in total. The van der Waals surface area contributed by atoms with E-state index in [1.807, 2.05) is 24.3 Å². The van der Waals surface area contributed by atoms with Crippen molar-refractivity contribution in [2.75, 3.05) is 26.2 Å². The number of para-hydroxylation sites is 1. The van der Waals surface area contributed by atoms with Gasteiger partial charge in [0.1, 0.15) is 18.5 Å². The van der Waals surface area contributed by atoms with E-state index in [2.05, 4.69) is 35.2 Å². The second-order valence-corrected chi connectivity index (χ2v) is 6.41. The molecule has 24 heavy (non-hydrogen) atoms. The van der Waals surface area contributed by atoms with Crippen molar-refractivity contribution in [1.82, 2.24) is 4.90 Å². The number of hydrogen-bond acceptors (Lipinski definition) is 3. The topological polar surface area (TPSA) is 32.7 Å². The molecule has 1 heterocycles. The molecule has 0 saturated carbocycles. The van der Waals surface area contributed by atoms with Crippen molar-refractivity contribution in [3.05, 3.63) is 71.3 Å². The van der Waals surface area contributed by atoms with Crippen LogP contribution in [0.5, 0.6) is 5.75 Å². The molecule has 2 aromatic rings. The van der Waals surface area contributed by atoms with Crippen LogP contribution in [0.25, 0.3) is 5.57 Å². The number of aliphatic hydroxyl groups is 1. The number of rotatable bonds is 6. The first-order valence-electron chi connectivity index (χ1n) is 8.24. The molecule has 4 heteroatoms. The number of nitrogens with zero attached hydrogens (tertiary/aromatic N) is 1. The fraction of sp³-hybridized carbons (Fsp3) is 0.300. The Morgan fingerprint density at radius 3 is 2.54 bits per heavy atom. The normalized spacial score (nSPS) is 16.5. The van der Waals surface area contributed by atoms with E-state index in [1.54, 1.807) is 6.07 Å². The van der Waals surface area contributed by atoms with Gasteiger partial charge in [-0.2, -0.15) is 0 Å². The molecule has 0 fully saturated rings. The van der Waals surface area contributed by atoms with Gasteiger partial charge in [-0.3, -0.25) is 4.90 Å². The Hall–Kier alpha value is -1.81. The van der Waals surface area contributed by atoms with Crippen LogP contribution < -0.4 is 4.74 Å². The molecule has 1 unspecified atom stereocenters. The number of hydrogen-bond donors (Lipinski definition) is 1. The highest BCUT2D eigenvalue weighted by atomic mass is 35.5. The van der Waals surface area contributed by atoms with Crippen LogP contribution in [0, 0.1) is 0 Å². The van der Waals surface area contributed by atoms with E-state index in [4.69, 9.17) is 16.3 Å². The van der Waals surface area contributed by atoms with Gasteiger partial charge in [-0.25, -0.2) is 0 Å². The van der Waals surface area contributed by atoms with E-state index in [9.17, 15) is 5.11 Å². The number of ether oxygens (including phenoxy) is 1. The van der Waals surface area contributed by atoms with Crippen LogP contribution in [0.3, 0.4) is 0 Å². The van der Waals surface area contributed by atoms with Crippen molar-refractivity contribution < 1.29 is 9.84 Å². The average molecular weight is 344 g/mol. The molecule has 0 bridgehead atoms. The standard InChI is InChI=1S/C20H22ClNO2/c21-19-8-4-5-9-20(19)24-15-18(23)14-22-12-10-17(11-13-22)16-6-2-1-3-7-16/h1-10,18,23H,11-15H2. The van der Waals surface area contributed by atoms with Crippen molar-refractivity contribution in [2.24, 2.45) is 0 Å². The largest absolute Gasteiger partial charge is 0.489 e. The summed E-state index contributed by atoms with van der Waals surface area (Å²) < 4.78 is 5.61. The van der Waals surface area contributed by atoms with Crippen molar-refractivity contribution in [3.8, 4) is 5.75 Å². The van der Waals surface area contributed by atoms with Crippen molar-refractivity contribution >= 4 is 17.2 Å². The lowest BCUT2D eigenvalue weighted by Crippen LogP contribution is -2.38. The summed E-state index contributed by atoms with van der Waals surface area (Å²) in [6.07, 6.45) is 2.72. The smallest absolute Gasteiger partial charge is 0.138 e. The highest BCUT2D eigenvalue weighted by Gasteiger charge is 2.16. The predicted molar refractivity (Wildman–Crippen MR) is 98.4 cm³/mol. The van der Waals surface area contributed by atoms with Crippen LogP contribution >= 0.6 is 11.6 Å². The minimum Gasteiger partial charge on any atom is -0.489 e. The summed E-state index contributed by atoms with van der Waals surface area (Å²) in [5.74, 6) is 0.614. The Kier molecular flexibility index (Phi) is 5.91. The number of benzene rings is 2. The van der Waals surface area contributed by atoms with Gasteiger partial charge in [0.2, 0.25) is 0 Å². The molecule has 2 aromatic carbocycles. The monoisotopic (exact) mass is 343 g/mol. The predicted octanol–water partition coefficient (Wildman–Crippen LogP) is 3.87. The molecule has 0 radical (unpaired) electrons. The molecule has 0 amide bonds. The van der Waals surface area contributed by atoms with E-state index >= 15 is 0 Å². The first-order chi connectivity index (χ1) is 11.7. The minimum atomic E-state index is -0.534. The maximum Gasteiger partial charge on any atom is 0.138 e. The molecule has 1 atom stereocenters. The zero-order valence-electron chi connectivity index (χ0n) is 13.6. The van der Waals surface area contributed by atoms with Crippen LogP contribution in [0.1, 0.15) is 12.0 Å². The van der Waals surface area contributed by atoms with Crippen LogP contribution in [-0.2, 0) is 0 Å². The van der Waals surface area contributed by atoms with Crippen molar-refractivity contribution in [2.45, 2.75) is 12.5 Å². The third-order valence-electron chi connectivity index (χ3n) is 4.17. The highest BCUT2D eigenvalue weighted by Crippen LogP contribution is 2.24. The molecule has 0 saturated heterocycles. The second kappa shape index (κ2) is 8.34.